The van der Waals surface area contributed by atoms with Crippen LogP contribution in [0.4, 0.5) is 5.69 Å². The zero-order valence-electron chi connectivity index (χ0n) is 13.7. The Kier molecular flexibility index (Phi) is 3.92. The van der Waals surface area contributed by atoms with Gasteiger partial charge in [-0.25, -0.2) is 0 Å². The Morgan fingerprint density at radius 2 is 2.09 bits per heavy atom. The van der Waals surface area contributed by atoms with Crippen LogP contribution in [-0.2, 0) is 9.59 Å². The molecule has 1 atom stereocenters. The maximum Gasteiger partial charge on any atom is 0.231 e. The predicted octanol–water partition coefficient (Wildman–Crippen LogP) is 2.07. The number of amides is 2. The lowest BCUT2D eigenvalue weighted by Crippen LogP contribution is -2.46. The molecule has 0 bridgehead atoms. The van der Waals surface area contributed by atoms with Gasteiger partial charge < -0.3 is 19.7 Å². The van der Waals surface area contributed by atoms with Crippen LogP contribution < -0.4 is 19.7 Å². The van der Waals surface area contributed by atoms with Crippen LogP contribution in [0.3, 0.4) is 0 Å². The van der Waals surface area contributed by atoms with Crippen LogP contribution in [0.5, 0.6) is 11.5 Å². The Morgan fingerprint density at radius 3 is 2.83 bits per heavy atom. The molecule has 6 nitrogen and oxygen atoms in total. The van der Waals surface area contributed by atoms with Crippen LogP contribution in [0.2, 0.25) is 0 Å². The molecule has 2 aliphatic rings. The van der Waals surface area contributed by atoms with Gasteiger partial charge in [-0.05, 0) is 32.4 Å². The summed E-state index contributed by atoms with van der Waals surface area (Å²) in [6.07, 6.45) is 1.07. The first-order chi connectivity index (χ1) is 10.9. The van der Waals surface area contributed by atoms with Crippen molar-refractivity contribution in [1.82, 2.24) is 5.32 Å². The lowest BCUT2D eigenvalue weighted by Gasteiger charge is -2.26. The third-order valence-corrected chi connectivity index (χ3v) is 4.51. The van der Waals surface area contributed by atoms with Gasteiger partial charge in [0.25, 0.3) is 0 Å². The summed E-state index contributed by atoms with van der Waals surface area (Å²) < 4.78 is 10.6. The molecule has 1 N–H and O–H groups in total. The number of nitrogens with zero attached hydrogens (tertiary/aromatic N) is 1. The van der Waals surface area contributed by atoms with Gasteiger partial charge in [0.2, 0.25) is 18.6 Å². The molecule has 1 aromatic carbocycles. The SMILES string of the molecule is CCC(C)(C)NC(=O)[C@H]1CC(=O)N(c2ccc3c(c2)OCO3)C1. The molecule has 1 saturated heterocycles. The van der Waals surface area contributed by atoms with E-state index in [1.165, 1.54) is 0 Å². The van der Waals surface area contributed by atoms with E-state index in [4.69, 9.17) is 9.47 Å². The van der Waals surface area contributed by atoms with Crippen molar-refractivity contribution in [2.24, 2.45) is 5.92 Å². The molecule has 2 heterocycles. The van der Waals surface area contributed by atoms with E-state index in [1.807, 2.05) is 26.8 Å². The van der Waals surface area contributed by atoms with E-state index in [9.17, 15) is 9.59 Å². The lowest BCUT2D eigenvalue weighted by atomic mass is 9.99. The highest BCUT2D eigenvalue weighted by molar-refractivity contribution is 6.00. The number of nitrogens with one attached hydrogen (secondary N) is 1. The number of fused-ring (bicyclic) bond motifs is 1. The largest absolute Gasteiger partial charge is 0.454 e. The van der Waals surface area contributed by atoms with E-state index in [1.54, 1.807) is 17.0 Å². The van der Waals surface area contributed by atoms with Crippen molar-refractivity contribution in [2.75, 3.05) is 18.2 Å². The molecular formula is C17H22N2O4. The summed E-state index contributed by atoms with van der Waals surface area (Å²) in [5.74, 6) is 0.889. The van der Waals surface area contributed by atoms with Crippen LogP contribution in [-0.4, -0.2) is 30.7 Å². The first-order valence-electron chi connectivity index (χ1n) is 7.91. The van der Waals surface area contributed by atoms with Crippen LogP contribution in [0.1, 0.15) is 33.6 Å². The zero-order chi connectivity index (χ0) is 16.6. The van der Waals surface area contributed by atoms with Gasteiger partial charge >= 0.3 is 0 Å². The Hall–Kier alpha value is -2.24. The van der Waals surface area contributed by atoms with Crippen LogP contribution >= 0.6 is 0 Å². The molecule has 1 aromatic rings. The number of carbonyl (C=O) groups is 2. The van der Waals surface area contributed by atoms with Crippen LogP contribution in [0.25, 0.3) is 0 Å². The van der Waals surface area contributed by atoms with Gasteiger partial charge in [0.05, 0.1) is 5.92 Å². The van der Waals surface area contributed by atoms with Crippen LogP contribution in [0, 0.1) is 5.92 Å². The van der Waals surface area contributed by atoms with Crippen molar-refractivity contribution >= 4 is 17.5 Å². The summed E-state index contributed by atoms with van der Waals surface area (Å²) in [5, 5.41) is 3.02. The normalized spacial score (nSPS) is 20.0. The summed E-state index contributed by atoms with van der Waals surface area (Å²) in [5.41, 5.74) is 0.482. The van der Waals surface area contributed by atoms with Gasteiger partial charge in [-0.3, -0.25) is 9.59 Å². The third-order valence-electron chi connectivity index (χ3n) is 4.51. The fourth-order valence-corrected chi connectivity index (χ4v) is 2.71. The molecule has 0 saturated carbocycles. The van der Waals surface area contributed by atoms with Gasteiger partial charge in [-0.15, -0.1) is 0 Å². The van der Waals surface area contributed by atoms with Crippen molar-refractivity contribution in [2.45, 2.75) is 39.2 Å². The standard InChI is InChI=1S/C17H22N2O4/c1-4-17(2,3)18-16(21)11-7-15(20)19(9-11)12-5-6-13-14(8-12)23-10-22-13/h5-6,8,11H,4,7,9-10H2,1-3H3,(H,18,21)/t11-/m0/s1. The Balaban J connectivity index is 1.71. The maximum absolute atomic E-state index is 12.4. The minimum absolute atomic E-state index is 0.0432. The van der Waals surface area contributed by atoms with Crippen molar-refractivity contribution in [3.8, 4) is 11.5 Å². The molecule has 124 valence electrons. The van der Waals surface area contributed by atoms with Gasteiger partial charge in [0.15, 0.2) is 11.5 Å². The summed E-state index contributed by atoms with van der Waals surface area (Å²) in [6.45, 7) is 6.58. The second-order valence-corrected chi connectivity index (χ2v) is 6.67. The molecule has 0 aliphatic carbocycles. The number of hydrogen-bond acceptors (Lipinski definition) is 4. The molecule has 2 aliphatic heterocycles. The third kappa shape index (κ3) is 3.11. The highest BCUT2D eigenvalue weighted by atomic mass is 16.7. The second kappa shape index (κ2) is 5.76. The van der Waals surface area contributed by atoms with E-state index < -0.39 is 0 Å². The predicted molar refractivity (Wildman–Crippen MR) is 85.5 cm³/mol. The molecule has 6 heteroatoms. The fraction of sp³-hybridized carbons (Fsp3) is 0.529. The Bertz CT molecular complexity index is 641. The van der Waals surface area contributed by atoms with Crippen molar-refractivity contribution in [1.29, 1.82) is 0 Å². The van der Waals surface area contributed by atoms with Crippen molar-refractivity contribution in [3.05, 3.63) is 18.2 Å². The minimum atomic E-state index is -0.321. The number of carbonyl (C=O) groups excluding carboxylic acids is 2. The van der Waals surface area contributed by atoms with Crippen LogP contribution in [0.15, 0.2) is 18.2 Å². The second-order valence-electron chi connectivity index (χ2n) is 6.67. The molecule has 0 unspecified atom stereocenters. The molecule has 0 radical (unpaired) electrons. The van der Waals surface area contributed by atoms with Gasteiger partial charge in [-0.1, -0.05) is 6.92 Å². The molecule has 23 heavy (non-hydrogen) atoms. The monoisotopic (exact) mass is 318 g/mol. The van der Waals surface area contributed by atoms with E-state index in [-0.39, 0.29) is 36.5 Å². The quantitative estimate of drug-likeness (QED) is 0.923. The minimum Gasteiger partial charge on any atom is -0.454 e. The van der Waals surface area contributed by atoms with E-state index in [0.29, 0.717) is 18.0 Å². The zero-order valence-corrected chi connectivity index (χ0v) is 13.7. The highest BCUT2D eigenvalue weighted by Gasteiger charge is 2.37. The summed E-state index contributed by atoms with van der Waals surface area (Å²) in [6, 6.07) is 5.40. The van der Waals surface area contributed by atoms with Crippen molar-refractivity contribution in [3.63, 3.8) is 0 Å². The first kappa shape index (κ1) is 15.6. The molecular weight excluding hydrogens is 296 g/mol. The summed E-state index contributed by atoms with van der Waals surface area (Å²) in [7, 11) is 0. The number of ether oxygens (including phenoxy) is 2. The fourth-order valence-electron chi connectivity index (χ4n) is 2.71. The number of benzene rings is 1. The molecule has 2 amide bonds. The summed E-state index contributed by atoms with van der Waals surface area (Å²) in [4.78, 5) is 26.3. The average Bonchev–Trinajstić information content (AvgIpc) is 3.12. The van der Waals surface area contributed by atoms with Gasteiger partial charge in [0.1, 0.15) is 0 Å². The Labute approximate surface area is 135 Å². The Morgan fingerprint density at radius 1 is 1.35 bits per heavy atom. The van der Waals surface area contributed by atoms with E-state index >= 15 is 0 Å². The smallest absolute Gasteiger partial charge is 0.231 e. The van der Waals surface area contributed by atoms with Crippen molar-refractivity contribution < 1.29 is 19.1 Å². The van der Waals surface area contributed by atoms with E-state index in [2.05, 4.69) is 5.32 Å². The summed E-state index contributed by atoms with van der Waals surface area (Å²) >= 11 is 0. The number of anilines is 1. The van der Waals surface area contributed by atoms with Gasteiger partial charge in [-0.2, -0.15) is 0 Å². The topological polar surface area (TPSA) is 67.9 Å². The lowest BCUT2D eigenvalue weighted by molar-refractivity contribution is -0.127. The average molecular weight is 318 g/mol. The molecule has 0 spiro atoms. The number of rotatable bonds is 4. The first-order valence-corrected chi connectivity index (χ1v) is 7.91. The van der Waals surface area contributed by atoms with Gasteiger partial charge in [0, 0.05) is 30.3 Å². The molecule has 3 rings (SSSR count). The molecule has 1 fully saturated rings. The number of hydrogen-bond donors (Lipinski definition) is 1. The van der Waals surface area contributed by atoms with E-state index in [0.717, 1.165) is 12.1 Å². The molecule has 0 aromatic heterocycles. The highest BCUT2D eigenvalue weighted by Crippen LogP contribution is 2.37. The maximum atomic E-state index is 12.4.